The minimum Gasteiger partial charge on any atom is -0.377 e. The third-order valence-electron chi connectivity index (χ3n) is 3.21. The van der Waals surface area contributed by atoms with Crippen LogP contribution in [0.2, 0.25) is 8.67 Å². The first kappa shape index (κ1) is 15.8. The van der Waals surface area contributed by atoms with Crippen LogP contribution in [0.1, 0.15) is 30.1 Å². The summed E-state index contributed by atoms with van der Waals surface area (Å²) < 4.78 is 6.14. The zero-order valence-electron chi connectivity index (χ0n) is 11.0. The van der Waals surface area contributed by atoms with Crippen molar-refractivity contribution in [2.75, 3.05) is 19.8 Å². The molecular formula is C13H15Cl2NO3S. The van der Waals surface area contributed by atoms with Crippen molar-refractivity contribution in [1.29, 1.82) is 0 Å². The Kier molecular flexibility index (Phi) is 5.43. The van der Waals surface area contributed by atoms with Gasteiger partial charge in [0.15, 0.2) is 5.78 Å². The molecule has 1 aromatic rings. The van der Waals surface area contributed by atoms with Gasteiger partial charge in [-0.2, -0.15) is 0 Å². The summed E-state index contributed by atoms with van der Waals surface area (Å²) in [7, 11) is 0. The summed E-state index contributed by atoms with van der Waals surface area (Å²) in [6.45, 7) is 3.62. The Labute approximate surface area is 131 Å². The number of carbonyl (C=O) groups is 2. The summed E-state index contributed by atoms with van der Waals surface area (Å²) in [5.41, 5.74) is 0.407. The number of amides is 1. The molecule has 0 radical (unpaired) electrons. The van der Waals surface area contributed by atoms with E-state index in [-0.39, 0.29) is 30.6 Å². The van der Waals surface area contributed by atoms with Gasteiger partial charge in [0.1, 0.15) is 4.34 Å². The summed E-state index contributed by atoms with van der Waals surface area (Å²) >= 11 is 12.9. The molecule has 2 rings (SSSR count). The number of carbonyl (C=O) groups excluding carboxylic acids is 2. The van der Waals surface area contributed by atoms with E-state index < -0.39 is 0 Å². The molecule has 0 aromatic carbocycles. The van der Waals surface area contributed by atoms with Gasteiger partial charge in [-0.25, -0.2) is 0 Å². The van der Waals surface area contributed by atoms with Gasteiger partial charge in [-0.15, -0.1) is 11.3 Å². The van der Waals surface area contributed by atoms with Crippen LogP contribution in [0.4, 0.5) is 0 Å². The molecule has 20 heavy (non-hydrogen) atoms. The van der Waals surface area contributed by atoms with Crippen LogP contribution in [0, 0.1) is 0 Å². The lowest BCUT2D eigenvalue weighted by atomic mass is 10.1. The van der Waals surface area contributed by atoms with Crippen LogP contribution in [0.5, 0.6) is 0 Å². The van der Waals surface area contributed by atoms with Crippen molar-refractivity contribution in [3.63, 3.8) is 0 Å². The Morgan fingerprint density at radius 3 is 2.80 bits per heavy atom. The molecule has 1 atom stereocenters. The summed E-state index contributed by atoms with van der Waals surface area (Å²) in [5, 5.41) is 0. The number of hydrogen-bond acceptors (Lipinski definition) is 4. The number of hydrogen-bond donors (Lipinski definition) is 0. The summed E-state index contributed by atoms with van der Waals surface area (Å²) in [6, 6.07) is 1.61. The quantitative estimate of drug-likeness (QED) is 0.793. The maximum Gasteiger partial charge on any atom is 0.223 e. The molecule has 1 fully saturated rings. The van der Waals surface area contributed by atoms with E-state index in [0.29, 0.717) is 34.0 Å². The van der Waals surface area contributed by atoms with Gasteiger partial charge in [0.05, 0.1) is 23.6 Å². The van der Waals surface area contributed by atoms with Gasteiger partial charge in [0.2, 0.25) is 5.91 Å². The van der Waals surface area contributed by atoms with Gasteiger partial charge in [0.25, 0.3) is 0 Å². The SMILES string of the molecule is C[C@@H]1COCCN1C(=O)CCC(=O)c1cc(Cl)sc1Cl. The highest BCUT2D eigenvalue weighted by Gasteiger charge is 2.24. The van der Waals surface area contributed by atoms with Crippen molar-refractivity contribution in [3.05, 3.63) is 20.3 Å². The van der Waals surface area contributed by atoms with Gasteiger partial charge < -0.3 is 9.64 Å². The van der Waals surface area contributed by atoms with Crippen LogP contribution < -0.4 is 0 Å². The number of Topliss-reactive ketones (excluding diaryl/α,β-unsaturated/α-hetero) is 1. The van der Waals surface area contributed by atoms with Crippen molar-refractivity contribution >= 4 is 46.2 Å². The van der Waals surface area contributed by atoms with Crippen molar-refractivity contribution in [2.24, 2.45) is 0 Å². The second-order valence-corrected chi connectivity index (χ2v) is 6.96. The lowest BCUT2D eigenvalue weighted by Gasteiger charge is -2.33. The molecule has 0 N–H and O–H groups in total. The average molecular weight is 336 g/mol. The van der Waals surface area contributed by atoms with Gasteiger partial charge >= 0.3 is 0 Å². The number of halogens is 2. The van der Waals surface area contributed by atoms with Crippen molar-refractivity contribution in [1.82, 2.24) is 4.90 Å². The van der Waals surface area contributed by atoms with Crippen LogP contribution in [-0.2, 0) is 9.53 Å². The van der Waals surface area contributed by atoms with E-state index >= 15 is 0 Å². The molecule has 110 valence electrons. The van der Waals surface area contributed by atoms with Gasteiger partial charge in [0, 0.05) is 24.9 Å². The first-order valence-corrected chi connectivity index (χ1v) is 7.91. The van der Waals surface area contributed by atoms with Gasteiger partial charge in [-0.05, 0) is 13.0 Å². The number of rotatable bonds is 4. The number of nitrogens with zero attached hydrogens (tertiary/aromatic N) is 1. The predicted molar refractivity (Wildman–Crippen MR) is 79.9 cm³/mol. The zero-order chi connectivity index (χ0) is 14.7. The molecule has 1 aliphatic heterocycles. The monoisotopic (exact) mass is 335 g/mol. The second-order valence-electron chi connectivity index (χ2n) is 4.67. The van der Waals surface area contributed by atoms with Crippen molar-refractivity contribution in [2.45, 2.75) is 25.8 Å². The van der Waals surface area contributed by atoms with Crippen LogP contribution in [-0.4, -0.2) is 42.4 Å². The average Bonchev–Trinajstić information content (AvgIpc) is 2.75. The Balaban J connectivity index is 1.90. The Morgan fingerprint density at radius 1 is 1.45 bits per heavy atom. The molecule has 1 amide bonds. The summed E-state index contributed by atoms with van der Waals surface area (Å²) in [5.74, 6) is -0.168. The molecule has 4 nitrogen and oxygen atoms in total. The molecule has 0 saturated carbocycles. The smallest absolute Gasteiger partial charge is 0.223 e. The minimum atomic E-state index is -0.146. The number of morpholine rings is 1. The lowest BCUT2D eigenvalue weighted by Crippen LogP contribution is -2.47. The Bertz CT molecular complexity index is 518. The van der Waals surface area contributed by atoms with E-state index in [4.69, 9.17) is 27.9 Å². The molecular weight excluding hydrogens is 321 g/mol. The van der Waals surface area contributed by atoms with E-state index in [2.05, 4.69) is 0 Å². The Hall–Kier alpha value is -0.620. The summed E-state index contributed by atoms with van der Waals surface area (Å²) in [4.78, 5) is 25.9. The van der Waals surface area contributed by atoms with Crippen LogP contribution >= 0.6 is 34.5 Å². The molecule has 0 spiro atoms. The Morgan fingerprint density at radius 2 is 2.20 bits per heavy atom. The first-order chi connectivity index (χ1) is 9.49. The number of ketones is 1. The lowest BCUT2D eigenvalue weighted by molar-refractivity contribution is -0.139. The number of thiophene rings is 1. The molecule has 0 unspecified atom stereocenters. The first-order valence-electron chi connectivity index (χ1n) is 6.34. The van der Waals surface area contributed by atoms with E-state index in [1.807, 2.05) is 6.92 Å². The molecule has 1 aromatic heterocycles. The van der Waals surface area contributed by atoms with Crippen molar-refractivity contribution < 1.29 is 14.3 Å². The molecule has 0 bridgehead atoms. The molecule has 2 heterocycles. The van der Waals surface area contributed by atoms with Crippen LogP contribution in [0.3, 0.4) is 0 Å². The van der Waals surface area contributed by atoms with Crippen LogP contribution in [0.15, 0.2) is 6.07 Å². The minimum absolute atomic E-state index is 0.0217. The fraction of sp³-hybridized carbons (Fsp3) is 0.538. The highest BCUT2D eigenvalue weighted by Crippen LogP contribution is 2.32. The van der Waals surface area contributed by atoms with Gasteiger partial charge in [-0.1, -0.05) is 23.2 Å². The van der Waals surface area contributed by atoms with E-state index in [9.17, 15) is 9.59 Å². The topological polar surface area (TPSA) is 46.6 Å². The zero-order valence-corrected chi connectivity index (χ0v) is 13.4. The molecule has 1 saturated heterocycles. The fourth-order valence-corrected chi connectivity index (χ4v) is 3.63. The second kappa shape index (κ2) is 6.89. The normalized spacial score (nSPS) is 19.1. The van der Waals surface area contributed by atoms with Crippen LogP contribution in [0.25, 0.3) is 0 Å². The molecule has 7 heteroatoms. The maximum atomic E-state index is 12.1. The largest absolute Gasteiger partial charge is 0.377 e. The third-order valence-corrected chi connectivity index (χ3v) is 4.70. The summed E-state index contributed by atoms with van der Waals surface area (Å²) in [6.07, 6.45) is 0.336. The standard InChI is InChI=1S/C13H15Cl2NO3S/c1-8-7-19-5-4-16(8)12(18)3-2-10(17)9-6-11(14)20-13(9)15/h6,8H,2-5,7H2,1H3/t8-/m1/s1. The number of ether oxygens (including phenoxy) is 1. The molecule has 1 aliphatic rings. The van der Waals surface area contributed by atoms with Gasteiger partial charge in [-0.3, -0.25) is 9.59 Å². The van der Waals surface area contributed by atoms with E-state index in [0.717, 1.165) is 11.3 Å². The third kappa shape index (κ3) is 3.73. The fourth-order valence-electron chi connectivity index (χ4n) is 2.13. The highest BCUT2D eigenvalue weighted by atomic mass is 35.5. The van der Waals surface area contributed by atoms with Crippen molar-refractivity contribution in [3.8, 4) is 0 Å². The predicted octanol–water partition coefficient (Wildman–Crippen LogP) is 3.27. The molecule has 0 aliphatic carbocycles. The van der Waals surface area contributed by atoms with E-state index in [1.165, 1.54) is 0 Å². The van der Waals surface area contributed by atoms with E-state index in [1.54, 1.807) is 11.0 Å². The maximum absolute atomic E-state index is 12.1. The highest BCUT2D eigenvalue weighted by molar-refractivity contribution is 7.20.